The first kappa shape index (κ1) is 35.0. The van der Waals surface area contributed by atoms with Gasteiger partial charge in [0.2, 0.25) is 0 Å². The fourth-order valence-corrected chi connectivity index (χ4v) is 8.38. The Labute approximate surface area is 340 Å². The Morgan fingerprint density at radius 3 is 1.52 bits per heavy atom. The summed E-state index contributed by atoms with van der Waals surface area (Å²) in [4.78, 5) is 10.3. The van der Waals surface area contributed by atoms with Crippen LogP contribution in [-0.2, 0) is 0 Å². The molecule has 0 N–H and O–H groups in total. The molecule has 1 aliphatic rings. The van der Waals surface area contributed by atoms with Gasteiger partial charge in [0.05, 0.1) is 11.2 Å². The normalized spacial score (nSPS) is 12.4. The Balaban J connectivity index is 1.18. The van der Waals surface area contributed by atoms with Crippen molar-refractivity contribution in [1.29, 1.82) is 0 Å². The maximum absolute atomic E-state index is 5.19. The van der Waals surface area contributed by atoms with Crippen LogP contribution in [-0.4, -0.2) is 9.97 Å². The first-order valence-corrected chi connectivity index (χ1v) is 20.1. The lowest BCUT2D eigenvalue weighted by atomic mass is 9.78. The molecule has 10 rings (SSSR count). The van der Waals surface area contributed by atoms with Crippen LogP contribution in [0, 0.1) is 0 Å². The Morgan fingerprint density at radius 2 is 0.862 bits per heavy atom. The average molecular weight is 741 g/mol. The third-order valence-electron chi connectivity index (χ3n) is 11.1. The van der Waals surface area contributed by atoms with Crippen molar-refractivity contribution in [1.82, 2.24) is 9.97 Å². The summed E-state index contributed by atoms with van der Waals surface area (Å²) >= 11 is 0. The van der Waals surface area contributed by atoms with Crippen molar-refractivity contribution < 1.29 is 0 Å². The van der Waals surface area contributed by atoms with E-state index in [-0.39, 0.29) is 0 Å². The van der Waals surface area contributed by atoms with Crippen molar-refractivity contribution in [3.63, 3.8) is 0 Å². The molecule has 0 saturated carbocycles. The second-order valence-electron chi connectivity index (χ2n) is 14.8. The number of hydrogen-bond acceptors (Lipinski definition) is 2. The van der Waals surface area contributed by atoms with Crippen molar-refractivity contribution in [3.05, 3.63) is 224 Å². The first-order chi connectivity index (χ1) is 28.8. The van der Waals surface area contributed by atoms with E-state index in [1.54, 1.807) is 0 Å². The van der Waals surface area contributed by atoms with Crippen molar-refractivity contribution in [2.75, 3.05) is 0 Å². The van der Waals surface area contributed by atoms with Crippen LogP contribution < -0.4 is 0 Å². The molecule has 1 aromatic heterocycles. The van der Waals surface area contributed by atoms with Crippen molar-refractivity contribution in [3.8, 4) is 78.3 Å². The molecule has 0 spiro atoms. The van der Waals surface area contributed by atoms with Gasteiger partial charge in [0, 0.05) is 16.5 Å². The van der Waals surface area contributed by atoms with E-state index in [2.05, 4.69) is 206 Å². The Bertz CT molecular complexity index is 2960. The van der Waals surface area contributed by atoms with E-state index in [0.717, 1.165) is 57.3 Å². The summed E-state index contributed by atoms with van der Waals surface area (Å²) in [6.07, 6.45) is 9.14. The third kappa shape index (κ3) is 6.76. The van der Waals surface area contributed by atoms with E-state index in [1.165, 1.54) is 50.1 Å². The molecule has 0 fully saturated rings. The number of nitrogens with zero attached hydrogens (tertiary/aromatic N) is 2. The second kappa shape index (κ2) is 15.6. The molecule has 0 aliphatic heterocycles. The van der Waals surface area contributed by atoms with Gasteiger partial charge in [-0.2, -0.15) is 0 Å². The molecule has 0 unspecified atom stereocenters. The Morgan fingerprint density at radius 1 is 0.345 bits per heavy atom. The number of fused-ring (bicyclic) bond motifs is 1. The lowest BCUT2D eigenvalue weighted by Crippen LogP contribution is -2.01. The fraction of sp³-hybridized carbons (Fsp3) is 0.0357. The molecular weight excluding hydrogens is 701 g/mol. The zero-order valence-electron chi connectivity index (χ0n) is 32.1. The third-order valence-corrected chi connectivity index (χ3v) is 11.1. The van der Waals surface area contributed by atoms with Gasteiger partial charge in [-0.3, -0.25) is 0 Å². The number of allylic oxidation sites excluding steroid dienone is 4. The molecule has 274 valence electrons. The molecule has 58 heavy (non-hydrogen) atoms. The summed E-state index contributed by atoms with van der Waals surface area (Å²) in [6.45, 7) is 0. The quantitative estimate of drug-likeness (QED) is 0.155. The number of aromatic nitrogens is 2. The van der Waals surface area contributed by atoms with Crippen LogP contribution in [0.1, 0.15) is 18.4 Å². The van der Waals surface area contributed by atoms with Gasteiger partial charge < -0.3 is 0 Å². The van der Waals surface area contributed by atoms with Gasteiger partial charge >= 0.3 is 0 Å². The number of para-hydroxylation sites is 1. The topological polar surface area (TPSA) is 25.8 Å². The molecule has 1 aliphatic carbocycles. The molecule has 0 atom stereocenters. The van der Waals surface area contributed by atoms with Crippen LogP contribution in [0.4, 0.5) is 0 Å². The van der Waals surface area contributed by atoms with Gasteiger partial charge in [-0.1, -0.05) is 194 Å². The molecule has 2 nitrogen and oxygen atoms in total. The van der Waals surface area contributed by atoms with E-state index in [0.29, 0.717) is 5.82 Å². The van der Waals surface area contributed by atoms with Crippen LogP contribution in [0.25, 0.3) is 94.8 Å². The molecule has 9 aromatic rings. The van der Waals surface area contributed by atoms with E-state index >= 15 is 0 Å². The molecule has 0 amide bonds. The van der Waals surface area contributed by atoms with Crippen molar-refractivity contribution in [2.45, 2.75) is 12.8 Å². The van der Waals surface area contributed by atoms with Crippen molar-refractivity contribution in [2.24, 2.45) is 0 Å². The summed E-state index contributed by atoms with van der Waals surface area (Å²) in [6, 6.07) is 71.5. The minimum absolute atomic E-state index is 0.712. The summed E-state index contributed by atoms with van der Waals surface area (Å²) in [7, 11) is 0. The predicted molar refractivity (Wildman–Crippen MR) is 244 cm³/mol. The Kier molecular flexibility index (Phi) is 9.43. The van der Waals surface area contributed by atoms with Crippen LogP contribution in [0.5, 0.6) is 0 Å². The summed E-state index contributed by atoms with van der Waals surface area (Å²) in [5, 5.41) is 1.04. The summed E-state index contributed by atoms with van der Waals surface area (Å²) < 4.78 is 0. The SMILES string of the molecule is C1=CC(c2c(-c3ccccc3)cc(-c3cccc(-c4cccc(-c5nc(-c6ccccc6)c6ccccc6n5)c4)c3)c(-c3ccccc3)c2-c2ccccc2)=CCC1. The highest BCUT2D eigenvalue weighted by Crippen LogP contribution is 2.49. The lowest BCUT2D eigenvalue weighted by Gasteiger charge is -2.25. The zero-order valence-corrected chi connectivity index (χ0v) is 32.1. The van der Waals surface area contributed by atoms with E-state index in [9.17, 15) is 0 Å². The van der Waals surface area contributed by atoms with Crippen LogP contribution in [0.15, 0.2) is 218 Å². The molecular formula is C56H40N2. The van der Waals surface area contributed by atoms with Gasteiger partial charge in [0.25, 0.3) is 0 Å². The van der Waals surface area contributed by atoms with E-state index in [1.807, 2.05) is 12.1 Å². The number of rotatable bonds is 8. The van der Waals surface area contributed by atoms with Gasteiger partial charge in [0.15, 0.2) is 5.82 Å². The van der Waals surface area contributed by atoms with Crippen LogP contribution >= 0.6 is 0 Å². The van der Waals surface area contributed by atoms with Gasteiger partial charge in [0.1, 0.15) is 0 Å². The van der Waals surface area contributed by atoms with E-state index in [4.69, 9.17) is 9.97 Å². The van der Waals surface area contributed by atoms with E-state index < -0.39 is 0 Å². The van der Waals surface area contributed by atoms with Gasteiger partial charge in [-0.15, -0.1) is 0 Å². The van der Waals surface area contributed by atoms with Gasteiger partial charge in [-0.05, 0) is 104 Å². The Hall–Kier alpha value is -7.42. The first-order valence-electron chi connectivity index (χ1n) is 20.1. The molecule has 0 radical (unpaired) electrons. The summed E-state index contributed by atoms with van der Waals surface area (Å²) in [5.41, 5.74) is 18.3. The molecule has 1 heterocycles. The molecule has 8 aromatic carbocycles. The number of benzene rings is 8. The van der Waals surface area contributed by atoms with Crippen molar-refractivity contribution >= 4 is 16.5 Å². The maximum Gasteiger partial charge on any atom is 0.160 e. The monoisotopic (exact) mass is 740 g/mol. The highest BCUT2D eigenvalue weighted by molar-refractivity contribution is 6.06. The van der Waals surface area contributed by atoms with Gasteiger partial charge in [-0.25, -0.2) is 9.97 Å². The smallest absolute Gasteiger partial charge is 0.160 e. The van der Waals surface area contributed by atoms with Crippen LogP contribution in [0.3, 0.4) is 0 Å². The second-order valence-corrected chi connectivity index (χ2v) is 14.8. The standard InChI is InChI=1S/C56H40N2/c1-6-20-39(21-7-1)49-38-50(53(41-24-10-3-11-25-41)54(42-26-12-4-13-27-42)52(49)40-22-8-2-9-23-40)46-32-18-30-44(36-46)45-31-19-33-47(37-45)56-57-51-35-17-16-34-48(51)55(58-56)43-28-14-5-15-29-43/h1,3-8,10-38H,2,9H2. The highest BCUT2D eigenvalue weighted by atomic mass is 14.9. The highest BCUT2D eigenvalue weighted by Gasteiger charge is 2.24. The lowest BCUT2D eigenvalue weighted by molar-refractivity contribution is 1.04. The maximum atomic E-state index is 5.19. The predicted octanol–water partition coefficient (Wildman–Crippen LogP) is 15.0. The minimum atomic E-state index is 0.712. The number of hydrogen-bond donors (Lipinski definition) is 0. The molecule has 2 heteroatoms. The fourth-order valence-electron chi connectivity index (χ4n) is 8.38. The zero-order chi connectivity index (χ0) is 38.7. The largest absolute Gasteiger partial charge is 0.228 e. The average Bonchev–Trinajstić information content (AvgIpc) is 3.32. The molecule has 0 saturated heterocycles. The summed E-state index contributed by atoms with van der Waals surface area (Å²) in [5.74, 6) is 0.712. The minimum Gasteiger partial charge on any atom is -0.228 e. The molecule has 0 bridgehead atoms. The van der Waals surface area contributed by atoms with Crippen LogP contribution in [0.2, 0.25) is 0 Å².